The lowest BCUT2D eigenvalue weighted by Gasteiger charge is -2.33. The van der Waals surface area contributed by atoms with Crippen LogP contribution in [0.2, 0.25) is 0 Å². The van der Waals surface area contributed by atoms with Crippen molar-refractivity contribution < 1.29 is 14.3 Å². The lowest BCUT2D eigenvalue weighted by atomic mass is 10.0. The van der Waals surface area contributed by atoms with E-state index in [2.05, 4.69) is 17.9 Å². The van der Waals surface area contributed by atoms with E-state index in [0.717, 1.165) is 12.8 Å². The molecule has 1 aliphatic heterocycles. The Labute approximate surface area is 142 Å². The molecule has 1 fully saturated rings. The van der Waals surface area contributed by atoms with Gasteiger partial charge < -0.3 is 15.0 Å². The second kappa shape index (κ2) is 7.25. The summed E-state index contributed by atoms with van der Waals surface area (Å²) in [5.41, 5.74) is 0.0868. The minimum Gasteiger partial charge on any atom is -0.444 e. The highest BCUT2D eigenvalue weighted by Crippen LogP contribution is 2.17. The largest absolute Gasteiger partial charge is 0.444 e. The molecule has 2 amide bonds. The van der Waals surface area contributed by atoms with Gasteiger partial charge in [0.25, 0.3) is 5.91 Å². The fourth-order valence-electron chi connectivity index (χ4n) is 2.46. The van der Waals surface area contributed by atoms with E-state index < -0.39 is 5.60 Å². The topological polar surface area (TPSA) is 58.6 Å². The van der Waals surface area contributed by atoms with Gasteiger partial charge in [-0.2, -0.15) is 0 Å². The zero-order valence-corrected chi connectivity index (χ0v) is 14.7. The van der Waals surface area contributed by atoms with Crippen LogP contribution in [-0.4, -0.2) is 41.6 Å². The molecule has 1 aliphatic rings. The molecule has 0 saturated carbocycles. The molecule has 6 heteroatoms. The molecule has 1 heterocycles. The number of carbonyl (C=O) groups is 2. The van der Waals surface area contributed by atoms with Gasteiger partial charge in [0.15, 0.2) is 0 Å². The van der Waals surface area contributed by atoms with E-state index in [1.54, 1.807) is 17.0 Å². The van der Waals surface area contributed by atoms with Crippen LogP contribution in [0.15, 0.2) is 29.2 Å². The Bertz CT molecular complexity index is 575. The number of benzene rings is 1. The molecule has 0 bridgehead atoms. The first-order valence-corrected chi connectivity index (χ1v) is 8.28. The summed E-state index contributed by atoms with van der Waals surface area (Å²) < 4.78 is 5.37. The summed E-state index contributed by atoms with van der Waals surface area (Å²) in [6, 6.07) is 7.28. The van der Waals surface area contributed by atoms with Gasteiger partial charge in [-0.25, -0.2) is 4.79 Å². The van der Waals surface area contributed by atoms with Gasteiger partial charge in [-0.05, 0) is 45.7 Å². The Kier molecular flexibility index (Phi) is 5.57. The highest BCUT2D eigenvalue weighted by molar-refractivity contribution is 7.80. The molecule has 0 unspecified atom stereocenters. The number of hydrogen-bond acceptors (Lipinski definition) is 4. The number of rotatable bonds is 2. The summed E-state index contributed by atoms with van der Waals surface area (Å²) >= 11 is 4.31. The van der Waals surface area contributed by atoms with Crippen molar-refractivity contribution in [3.63, 3.8) is 0 Å². The van der Waals surface area contributed by atoms with Crippen LogP contribution in [-0.2, 0) is 4.74 Å². The zero-order chi connectivity index (χ0) is 17.0. The smallest absolute Gasteiger partial charge is 0.410 e. The van der Waals surface area contributed by atoms with Gasteiger partial charge in [0.1, 0.15) is 5.60 Å². The lowest BCUT2D eigenvalue weighted by Crippen LogP contribution is -2.47. The molecule has 0 aromatic heterocycles. The third-order valence-electron chi connectivity index (χ3n) is 3.63. The minimum atomic E-state index is -0.488. The Morgan fingerprint density at radius 3 is 2.39 bits per heavy atom. The van der Waals surface area contributed by atoms with E-state index in [1.807, 2.05) is 32.9 Å². The second-order valence-electron chi connectivity index (χ2n) is 6.73. The minimum absolute atomic E-state index is 0.0640. The maximum absolute atomic E-state index is 12.3. The fraction of sp³-hybridized carbons (Fsp3) is 0.529. The SMILES string of the molecule is CC(C)(C)OC(=O)N1CCC(NC(=O)c2ccccc2S)CC1. The van der Waals surface area contributed by atoms with Crippen LogP contribution < -0.4 is 5.32 Å². The average molecular weight is 336 g/mol. The van der Waals surface area contributed by atoms with Crippen molar-refractivity contribution in [2.45, 2.75) is 50.2 Å². The van der Waals surface area contributed by atoms with Crippen molar-refractivity contribution in [3.05, 3.63) is 29.8 Å². The molecule has 1 N–H and O–H groups in total. The van der Waals surface area contributed by atoms with Crippen LogP contribution in [0.5, 0.6) is 0 Å². The highest BCUT2D eigenvalue weighted by Gasteiger charge is 2.27. The fourth-order valence-corrected chi connectivity index (χ4v) is 2.72. The van der Waals surface area contributed by atoms with E-state index in [-0.39, 0.29) is 18.0 Å². The lowest BCUT2D eigenvalue weighted by molar-refractivity contribution is 0.0199. The van der Waals surface area contributed by atoms with E-state index in [9.17, 15) is 9.59 Å². The molecular formula is C17H24N2O3S. The zero-order valence-electron chi connectivity index (χ0n) is 13.8. The van der Waals surface area contributed by atoms with Crippen LogP contribution in [0.4, 0.5) is 4.79 Å². The molecule has 5 nitrogen and oxygen atoms in total. The van der Waals surface area contributed by atoms with Crippen LogP contribution in [0.3, 0.4) is 0 Å². The number of thiol groups is 1. The van der Waals surface area contributed by atoms with Crippen LogP contribution in [0, 0.1) is 0 Å². The predicted molar refractivity (Wildman–Crippen MR) is 92.0 cm³/mol. The van der Waals surface area contributed by atoms with Crippen LogP contribution in [0.25, 0.3) is 0 Å². The highest BCUT2D eigenvalue weighted by atomic mass is 32.1. The maximum Gasteiger partial charge on any atom is 0.410 e. The van der Waals surface area contributed by atoms with Gasteiger partial charge in [0, 0.05) is 24.0 Å². The molecule has 2 rings (SSSR count). The Hall–Kier alpha value is -1.69. The first-order chi connectivity index (χ1) is 10.8. The first kappa shape index (κ1) is 17.7. The molecule has 1 aromatic rings. The molecule has 0 radical (unpaired) electrons. The standard InChI is InChI=1S/C17H24N2O3S/c1-17(2,3)22-16(21)19-10-8-12(9-11-19)18-15(20)13-6-4-5-7-14(13)23/h4-7,12,23H,8-11H2,1-3H3,(H,18,20). The van der Waals surface area contributed by atoms with Crippen molar-refractivity contribution in [2.75, 3.05) is 13.1 Å². The van der Waals surface area contributed by atoms with E-state index >= 15 is 0 Å². The third-order valence-corrected chi connectivity index (χ3v) is 4.02. The van der Waals surface area contributed by atoms with Crippen molar-refractivity contribution >= 4 is 24.6 Å². The number of hydrogen-bond donors (Lipinski definition) is 2. The van der Waals surface area contributed by atoms with Crippen molar-refractivity contribution in [2.24, 2.45) is 0 Å². The number of piperidine rings is 1. The molecule has 23 heavy (non-hydrogen) atoms. The maximum atomic E-state index is 12.3. The van der Waals surface area contributed by atoms with Gasteiger partial charge in [-0.15, -0.1) is 12.6 Å². The Morgan fingerprint density at radius 1 is 1.22 bits per heavy atom. The summed E-state index contributed by atoms with van der Waals surface area (Å²) in [5, 5.41) is 3.02. The normalized spacial score (nSPS) is 16.1. The van der Waals surface area contributed by atoms with Gasteiger partial charge in [0.2, 0.25) is 0 Å². The van der Waals surface area contributed by atoms with Crippen molar-refractivity contribution in [1.29, 1.82) is 0 Å². The van der Waals surface area contributed by atoms with Crippen molar-refractivity contribution in [3.8, 4) is 0 Å². The Balaban J connectivity index is 1.84. The quantitative estimate of drug-likeness (QED) is 0.816. The number of ether oxygens (including phenoxy) is 1. The number of carbonyl (C=O) groups excluding carboxylic acids is 2. The molecule has 0 spiro atoms. The molecule has 1 aromatic carbocycles. The summed E-state index contributed by atoms with van der Waals surface area (Å²) in [7, 11) is 0. The van der Waals surface area contributed by atoms with Gasteiger partial charge in [0.05, 0.1) is 5.56 Å². The molecule has 0 atom stereocenters. The summed E-state index contributed by atoms with van der Waals surface area (Å²) in [6.07, 6.45) is 1.15. The molecule has 0 aliphatic carbocycles. The van der Waals surface area contributed by atoms with E-state index in [0.29, 0.717) is 23.5 Å². The molecular weight excluding hydrogens is 312 g/mol. The Morgan fingerprint density at radius 2 is 1.83 bits per heavy atom. The summed E-state index contributed by atoms with van der Waals surface area (Å²) in [5.74, 6) is -0.119. The monoisotopic (exact) mass is 336 g/mol. The summed E-state index contributed by atoms with van der Waals surface area (Å²) in [4.78, 5) is 26.6. The number of nitrogens with one attached hydrogen (secondary N) is 1. The number of amides is 2. The first-order valence-electron chi connectivity index (χ1n) is 7.83. The average Bonchev–Trinajstić information content (AvgIpc) is 2.46. The van der Waals surface area contributed by atoms with Crippen LogP contribution >= 0.6 is 12.6 Å². The van der Waals surface area contributed by atoms with Gasteiger partial charge in [-0.3, -0.25) is 4.79 Å². The van der Waals surface area contributed by atoms with E-state index in [4.69, 9.17) is 4.74 Å². The molecule has 126 valence electrons. The third kappa shape index (κ3) is 5.16. The van der Waals surface area contributed by atoms with Crippen LogP contribution in [0.1, 0.15) is 44.0 Å². The van der Waals surface area contributed by atoms with Gasteiger partial charge >= 0.3 is 6.09 Å². The molecule has 1 saturated heterocycles. The second-order valence-corrected chi connectivity index (χ2v) is 7.21. The number of nitrogens with zero attached hydrogens (tertiary/aromatic N) is 1. The van der Waals surface area contributed by atoms with Gasteiger partial charge in [-0.1, -0.05) is 12.1 Å². The predicted octanol–water partition coefficient (Wildman–Crippen LogP) is 3.10. The number of likely N-dealkylation sites (tertiary alicyclic amines) is 1. The summed E-state index contributed by atoms with van der Waals surface area (Å²) in [6.45, 7) is 6.73. The van der Waals surface area contributed by atoms with Crippen molar-refractivity contribution in [1.82, 2.24) is 10.2 Å². The van der Waals surface area contributed by atoms with E-state index in [1.165, 1.54) is 0 Å².